The molecule has 1 aliphatic rings. The Labute approximate surface area is 116 Å². The Morgan fingerprint density at radius 1 is 1.50 bits per heavy atom. The van der Waals surface area contributed by atoms with E-state index in [1.165, 1.54) is 32.8 Å². The number of rotatable bonds is 6. The van der Waals surface area contributed by atoms with Crippen molar-refractivity contribution in [2.75, 3.05) is 20.2 Å². The maximum Gasteiger partial charge on any atom is 0.250 e. The normalized spacial score (nSPS) is 25.1. The third-order valence-corrected chi connectivity index (χ3v) is 3.69. The smallest absolute Gasteiger partial charge is 0.250 e. The molecule has 4 nitrogen and oxygen atoms in total. The standard InChI is InChI=1S/C13H26N2O2.ClH/c1-10-4-3-5-11(8-10)6-7-15-13(16)12(9-14)17-2;/h10-12H,3-9,14H2,1-2H3,(H,15,16);1H. The van der Waals surface area contributed by atoms with Gasteiger partial charge in [0.05, 0.1) is 0 Å². The summed E-state index contributed by atoms with van der Waals surface area (Å²) >= 11 is 0. The van der Waals surface area contributed by atoms with Gasteiger partial charge in [0.1, 0.15) is 6.10 Å². The molecule has 18 heavy (non-hydrogen) atoms. The molecule has 1 amide bonds. The molecule has 0 aromatic rings. The van der Waals surface area contributed by atoms with Gasteiger partial charge in [-0.05, 0) is 24.7 Å². The van der Waals surface area contributed by atoms with Crippen molar-refractivity contribution in [3.8, 4) is 0 Å². The van der Waals surface area contributed by atoms with Crippen LogP contribution in [0.4, 0.5) is 0 Å². The van der Waals surface area contributed by atoms with Crippen LogP contribution in [0, 0.1) is 11.8 Å². The first-order chi connectivity index (χ1) is 8.17. The molecule has 3 N–H and O–H groups in total. The van der Waals surface area contributed by atoms with Gasteiger partial charge in [-0.3, -0.25) is 4.79 Å². The van der Waals surface area contributed by atoms with Gasteiger partial charge in [0, 0.05) is 20.2 Å². The molecule has 0 heterocycles. The summed E-state index contributed by atoms with van der Waals surface area (Å²) in [4.78, 5) is 11.6. The molecule has 0 aromatic heterocycles. The molecular formula is C13H27ClN2O2. The van der Waals surface area contributed by atoms with Crippen LogP contribution in [0.2, 0.25) is 0 Å². The largest absolute Gasteiger partial charge is 0.370 e. The van der Waals surface area contributed by atoms with Crippen molar-refractivity contribution < 1.29 is 9.53 Å². The van der Waals surface area contributed by atoms with Crippen molar-refractivity contribution >= 4 is 18.3 Å². The molecule has 1 rings (SSSR count). The number of nitrogens with two attached hydrogens (primary N) is 1. The Morgan fingerprint density at radius 3 is 2.78 bits per heavy atom. The monoisotopic (exact) mass is 278 g/mol. The van der Waals surface area contributed by atoms with Gasteiger partial charge in [-0.25, -0.2) is 0 Å². The zero-order valence-corrected chi connectivity index (χ0v) is 12.3. The average Bonchev–Trinajstić information content (AvgIpc) is 2.30. The average molecular weight is 279 g/mol. The molecule has 0 aromatic carbocycles. The molecule has 1 fully saturated rings. The molecule has 3 atom stereocenters. The van der Waals surface area contributed by atoms with E-state index in [-0.39, 0.29) is 24.9 Å². The van der Waals surface area contributed by atoms with Crippen molar-refractivity contribution in [1.29, 1.82) is 0 Å². The Morgan fingerprint density at radius 2 is 2.22 bits per heavy atom. The summed E-state index contributed by atoms with van der Waals surface area (Å²) in [6.45, 7) is 3.30. The van der Waals surface area contributed by atoms with Crippen LogP contribution < -0.4 is 11.1 Å². The highest BCUT2D eigenvalue weighted by Crippen LogP contribution is 2.30. The molecule has 1 saturated carbocycles. The van der Waals surface area contributed by atoms with Crippen molar-refractivity contribution in [3.05, 3.63) is 0 Å². The number of methoxy groups -OCH3 is 1. The van der Waals surface area contributed by atoms with Gasteiger partial charge in [0.25, 0.3) is 0 Å². The fourth-order valence-electron chi connectivity index (χ4n) is 2.65. The van der Waals surface area contributed by atoms with E-state index in [9.17, 15) is 4.79 Å². The zero-order valence-electron chi connectivity index (χ0n) is 11.5. The summed E-state index contributed by atoms with van der Waals surface area (Å²) in [5, 5.41) is 2.90. The lowest BCUT2D eigenvalue weighted by Crippen LogP contribution is -2.41. The van der Waals surface area contributed by atoms with Crippen LogP contribution in [-0.2, 0) is 9.53 Å². The van der Waals surface area contributed by atoms with E-state index in [0.29, 0.717) is 0 Å². The molecule has 108 valence electrons. The van der Waals surface area contributed by atoms with Gasteiger partial charge in [-0.1, -0.05) is 26.2 Å². The maximum absolute atomic E-state index is 11.6. The minimum atomic E-state index is -0.500. The van der Waals surface area contributed by atoms with Crippen molar-refractivity contribution in [1.82, 2.24) is 5.32 Å². The van der Waals surface area contributed by atoms with E-state index in [1.54, 1.807) is 0 Å². The Hall–Kier alpha value is -0.320. The Balaban J connectivity index is 0.00000289. The molecule has 5 heteroatoms. The van der Waals surface area contributed by atoms with Crippen LogP contribution in [0.25, 0.3) is 0 Å². The van der Waals surface area contributed by atoms with Gasteiger partial charge in [0.15, 0.2) is 0 Å². The second-order valence-electron chi connectivity index (χ2n) is 5.18. The van der Waals surface area contributed by atoms with E-state index >= 15 is 0 Å². The van der Waals surface area contributed by atoms with Gasteiger partial charge < -0.3 is 15.8 Å². The summed E-state index contributed by atoms with van der Waals surface area (Å²) in [6, 6.07) is 0. The topological polar surface area (TPSA) is 64.3 Å². The molecule has 0 saturated heterocycles. The number of nitrogens with one attached hydrogen (secondary N) is 1. The molecule has 3 unspecified atom stereocenters. The number of carbonyl (C=O) groups excluding carboxylic acids is 1. The summed E-state index contributed by atoms with van der Waals surface area (Å²) in [7, 11) is 1.51. The Bertz CT molecular complexity index is 235. The first kappa shape index (κ1) is 17.7. The lowest BCUT2D eigenvalue weighted by Gasteiger charge is -2.26. The fraction of sp³-hybridized carbons (Fsp3) is 0.923. The van der Waals surface area contributed by atoms with Crippen molar-refractivity contribution in [2.45, 2.75) is 45.1 Å². The molecule has 0 bridgehead atoms. The van der Waals surface area contributed by atoms with Gasteiger partial charge >= 0.3 is 0 Å². The second kappa shape index (κ2) is 9.59. The van der Waals surface area contributed by atoms with E-state index < -0.39 is 6.10 Å². The van der Waals surface area contributed by atoms with E-state index in [0.717, 1.165) is 24.8 Å². The lowest BCUT2D eigenvalue weighted by molar-refractivity contribution is -0.130. The first-order valence-electron chi connectivity index (χ1n) is 6.68. The predicted octanol–water partition coefficient (Wildman–Crippen LogP) is 1.71. The lowest BCUT2D eigenvalue weighted by atomic mass is 9.81. The number of ether oxygens (including phenoxy) is 1. The molecule has 0 aliphatic heterocycles. The van der Waals surface area contributed by atoms with Gasteiger partial charge in [-0.15, -0.1) is 12.4 Å². The van der Waals surface area contributed by atoms with Gasteiger partial charge in [0.2, 0.25) is 5.91 Å². The molecular weight excluding hydrogens is 252 g/mol. The number of amides is 1. The van der Waals surface area contributed by atoms with E-state index in [2.05, 4.69) is 12.2 Å². The molecule has 0 spiro atoms. The third kappa shape index (κ3) is 6.03. The summed E-state index contributed by atoms with van der Waals surface area (Å²) in [6.07, 6.45) is 5.90. The van der Waals surface area contributed by atoms with E-state index in [4.69, 9.17) is 10.5 Å². The van der Waals surface area contributed by atoms with Crippen LogP contribution in [0.3, 0.4) is 0 Å². The van der Waals surface area contributed by atoms with E-state index in [1.807, 2.05) is 0 Å². The van der Waals surface area contributed by atoms with Crippen molar-refractivity contribution in [2.24, 2.45) is 17.6 Å². The highest BCUT2D eigenvalue weighted by atomic mass is 35.5. The van der Waals surface area contributed by atoms with Crippen LogP contribution >= 0.6 is 12.4 Å². The third-order valence-electron chi connectivity index (χ3n) is 3.69. The number of hydrogen-bond donors (Lipinski definition) is 2. The fourth-order valence-corrected chi connectivity index (χ4v) is 2.65. The highest BCUT2D eigenvalue weighted by molar-refractivity contribution is 5.85. The SMILES string of the molecule is COC(CN)C(=O)NCCC1CCCC(C)C1.Cl. The number of halogens is 1. The quantitative estimate of drug-likeness (QED) is 0.777. The highest BCUT2D eigenvalue weighted by Gasteiger charge is 2.19. The predicted molar refractivity (Wildman–Crippen MR) is 75.8 cm³/mol. The number of carbonyl (C=O) groups is 1. The minimum absolute atomic E-state index is 0. The maximum atomic E-state index is 11.6. The summed E-state index contributed by atoms with van der Waals surface area (Å²) < 4.78 is 4.98. The van der Waals surface area contributed by atoms with Gasteiger partial charge in [-0.2, -0.15) is 0 Å². The number of hydrogen-bond acceptors (Lipinski definition) is 3. The zero-order chi connectivity index (χ0) is 12.7. The van der Waals surface area contributed by atoms with Crippen LogP contribution in [0.5, 0.6) is 0 Å². The minimum Gasteiger partial charge on any atom is -0.370 e. The van der Waals surface area contributed by atoms with Crippen LogP contribution in [-0.4, -0.2) is 32.2 Å². The second-order valence-corrected chi connectivity index (χ2v) is 5.18. The Kier molecular flexibility index (Phi) is 9.42. The van der Waals surface area contributed by atoms with Crippen molar-refractivity contribution in [3.63, 3.8) is 0 Å². The van der Waals surface area contributed by atoms with Crippen LogP contribution in [0.15, 0.2) is 0 Å². The van der Waals surface area contributed by atoms with Crippen LogP contribution in [0.1, 0.15) is 39.0 Å². The summed E-state index contributed by atoms with van der Waals surface area (Å²) in [5.74, 6) is 1.54. The first-order valence-corrected chi connectivity index (χ1v) is 6.68. The molecule has 1 aliphatic carbocycles. The summed E-state index contributed by atoms with van der Waals surface area (Å²) in [5.41, 5.74) is 5.43. The molecule has 0 radical (unpaired) electrons.